The van der Waals surface area contributed by atoms with Crippen LogP contribution in [0.3, 0.4) is 0 Å². The van der Waals surface area contributed by atoms with E-state index in [0.717, 1.165) is 21.7 Å². The van der Waals surface area contributed by atoms with Crippen molar-refractivity contribution < 1.29 is 0 Å². The van der Waals surface area contributed by atoms with Crippen molar-refractivity contribution >= 4 is 28.6 Å². The Morgan fingerprint density at radius 3 is 2.78 bits per heavy atom. The Hall–Kier alpha value is -1.33. The summed E-state index contributed by atoms with van der Waals surface area (Å²) in [7, 11) is 0. The molecule has 2 rings (SSSR count). The number of hydrogen-bond donors (Lipinski definition) is 2. The standard InChI is InChI=1S/C13H18N4S/c1-9(2)7-8-18-12-10-5-3-4-6-11(10)15-13(16-12)17-14/h3-6,9H,7-8,14H2,1-2H3,(H,15,16,17). The van der Waals surface area contributed by atoms with Crippen LogP contribution in [0.25, 0.3) is 10.9 Å². The maximum Gasteiger partial charge on any atom is 0.238 e. The molecule has 0 aliphatic carbocycles. The van der Waals surface area contributed by atoms with Gasteiger partial charge in [0, 0.05) is 5.39 Å². The topological polar surface area (TPSA) is 63.8 Å². The lowest BCUT2D eigenvalue weighted by Crippen LogP contribution is -2.11. The monoisotopic (exact) mass is 262 g/mol. The number of nitrogens with zero attached hydrogens (tertiary/aromatic N) is 2. The average Bonchev–Trinajstić information content (AvgIpc) is 2.38. The zero-order chi connectivity index (χ0) is 13.0. The summed E-state index contributed by atoms with van der Waals surface area (Å²) < 4.78 is 0. The fourth-order valence-corrected chi connectivity index (χ4v) is 2.88. The molecule has 0 fully saturated rings. The summed E-state index contributed by atoms with van der Waals surface area (Å²) in [5.74, 6) is 7.64. The first kappa shape index (κ1) is 13.1. The van der Waals surface area contributed by atoms with Crippen molar-refractivity contribution in [1.29, 1.82) is 0 Å². The fraction of sp³-hybridized carbons (Fsp3) is 0.385. The average molecular weight is 262 g/mol. The Balaban J connectivity index is 2.29. The van der Waals surface area contributed by atoms with E-state index in [4.69, 9.17) is 5.84 Å². The van der Waals surface area contributed by atoms with Crippen molar-refractivity contribution in [3.63, 3.8) is 0 Å². The first-order chi connectivity index (χ1) is 8.70. The van der Waals surface area contributed by atoms with Gasteiger partial charge in [-0.1, -0.05) is 32.0 Å². The molecule has 1 heterocycles. The van der Waals surface area contributed by atoms with Crippen LogP contribution < -0.4 is 11.3 Å². The van der Waals surface area contributed by atoms with Gasteiger partial charge in [-0.15, -0.1) is 11.8 Å². The second-order valence-corrected chi connectivity index (χ2v) is 5.63. The Bertz CT molecular complexity index is 527. The highest BCUT2D eigenvalue weighted by Gasteiger charge is 2.07. The van der Waals surface area contributed by atoms with Gasteiger partial charge in [0.25, 0.3) is 0 Å². The van der Waals surface area contributed by atoms with Crippen LogP contribution in [0.2, 0.25) is 0 Å². The molecule has 0 amide bonds. The van der Waals surface area contributed by atoms with Crippen LogP contribution in [0.15, 0.2) is 29.3 Å². The largest absolute Gasteiger partial charge is 0.292 e. The normalized spacial score (nSPS) is 11.1. The molecule has 0 aliphatic rings. The summed E-state index contributed by atoms with van der Waals surface area (Å²) in [4.78, 5) is 8.77. The highest BCUT2D eigenvalue weighted by molar-refractivity contribution is 7.99. The van der Waals surface area contributed by atoms with Crippen LogP contribution in [-0.4, -0.2) is 15.7 Å². The summed E-state index contributed by atoms with van der Waals surface area (Å²) in [6.07, 6.45) is 1.17. The van der Waals surface area contributed by atoms with E-state index in [1.54, 1.807) is 11.8 Å². The quantitative estimate of drug-likeness (QED) is 0.375. The van der Waals surface area contributed by atoms with E-state index in [2.05, 4.69) is 29.2 Å². The van der Waals surface area contributed by atoms with Gasteiger partial charge in [0.05, 0.1) is 5.52 Å². The number of thioether (sulfide) groups is 1. The van der Waals surface area contributed by atoms with Crippen molar-refractivity contribution in [2.24, 2.45) is 11.8 Å². The van der Waals surface area contributed by atoms with Gasteiger partial charge in [0.2, 0.25) is 5.95 Å². The lowest BCUT2D eigenvalue weighted by atomic mass is 10.2. The van der Waals surface area contributed by atoms with E-state index < -0.39 is 0 Å². The molecule has 18 heavy (non-hydrogen) atoms. The zero-order valence-corrected chi connectivity index (χ0v) is 11.5. The molecule has 0 aliphatic heterocycles. The summed E-state index contributed by atoms with van der Waals surface area (Å²) in [5.41, 5.74) is 3.45. The second-order valence-electron chi connectivity index (χ2n) is 4.54. The van der Waals surface area contributed by atoms with Crippen molar-refractivity contribution in [1.82, 2.24) is 9.97 Å². The SMILES string of the molecule is CC(C)CCSc1nc(NN)nc2ccccc12. The molecule has 1 aromatic heterocycles. The predicted molar refractivity (Wildman–Crippen MR) is 77.5 cm³/mol. The van der Waals surface area contributed by atoms with E-state index in [9.17, 15) is 0 Å². The molecule has 0 bridgehead atoms. The third kappa shape index (κ3) is 3.11. The number of rotatable bonds is 5. The molecule has 5 heteroatoms. The minimum atomic E-state index is 0.473. The van der Waals surface area contributed by atoms with Crippen molar-refractivity contribution in [3.05, 3.63) is 24.3 Å². The van der Waals surface area contributed by atoms with Crippen molar-refractivity contribution in [3.8, 4) is 0 Å². The van der Waals surface area contributed by atoms with Gasteiger partial charge in [0.15, 0.2) is 0 Å². The molecular weight excluding hydrogens is 244 g/mol. The number of aromatic nitrogens is 2. The molecule has 0 spiro atoms. The van der Waals surface area contributed by atoms with E-state index in [1.165, 1.54) is 6.42 Å². The minimum absolute atomic E-state index is 0.473. The van der Waals surface area contributed by atoms with E-state index in [0.29, 0.717) is 11.9 Å². The maximum atomic E-state index is 5.40. The lowest BCUT2D eigenvalue weighted by Gasteiger charge is -2.08. The Labute approximate surface area is 111 Å². The second kappa shape index (κ2) is 6.02. The number of nitrogen functional groups attached to an aromatic ring is 1. The van der Waals surface area contributed by atoms with Gasteiger partial charge < -0.3 is 0 Å². The number of hydrogen-bond acceptors (Lipinski definition) is 5. The van der Waals surface area contributed by atoms with Gasteiger partial charge in [-0.3, -0.25) is 5.43 Å². The number of anilines is 1. The maximum absolute atomic E-state index is 5.40. The van der Waals surface area contributed by atoms with E-state index >= 15 is 0 Å². The van der Waals surface area contributed by atoms with Gasteiger partial charge in [-0.25, -0.2) is 15.8 Å². The van der Waals surface area contributed by atoms with Gasteiger partial charge in [-0.2, -0.15) is 0 Å². The number of nitrogens with one attached hydrogen (secondary N) is 1. The number of hydrazine groups is 1. The van der Waals surface area contributed by atoms with Crippen molar-refractivity contribution in [2.45, 2.75) is 25.3 Å². The van der Waals surface area contributed by atoms with E-state index in [-0.39, 0.29) is 0 Å². The molecule has 0 saturated carbocycles. The van der Waals surface area contributed by atoms with Gasteiger partial charge >= 0.3 is 0 Å². The molecule has 96 valence electrons. The number of fused-ring (bicyclic) bond motifs is 1. The van der Waals surface area contributed by atoms with Crippen LogP contribution in [0.5, 0.6) is 0 Å². The molecule has 0 atom stereocenters. The number of para-hydroxylation sites is 1. The molecule has 0 radical (unpaired) electrons. The molecule has 0 saturated heterocycles. The summed E-state index contributed by atoms with van der Waals surface area (Å²) in [5, 5.41) is 2.08. The fourth-order valence-electron chi connectivity index (χ4n) is 1.61. The van der Waals surface area contributed by atoms with Crippen LogP contribution >= 0.6 is 11.8 Å². The van der Waals surface area contributed by atoms with Crippen LogP contribution in [0, 0.1) is 5.92 Å². The van der Waals surface area contributed by atoms with Crippen LogP contribution in [0.1, 0.15) is 20.3 Å². The van der Waals surface area contributed by atoms with Crippen LogP contribution in [-0.2, 0) is 0 Å². The minimum Gasteiger partial charge on any atom is -0.292 e. The van der Waals surface area contributed by atoms with Crippen molar-refractivity contribution in [2.75, 3.05) is 11.2 Å². The van der Waals surface area contributed by atoms with Crippen LogP contribution in [0.4, 0.5) is 5.95 Å². The first-order valence-corrected chi connectivity index (χ1v) is 7.05. The highest BCUT2D eigenvalue weighted by atomic mass is 32.2. The third-order valence-corrected chi connectivity index (χ3v) is 3.66. The smallest absolute Gasteiger partial charge is 0.238 e. The summed E-state index contributed by atoms with van der Waals surface area (Å²) >= 11 is 1.76. The molecule has 3 N–H and O–H groups in total. The molecule has 1 aromatic carbocycles. The molecule has 2 aromatic rings. The van der Waals surface area contributed by atoms with E-state index in [1.807, 2.05) is 24.3 Å². The molecule has 0 unspecified atom stereocenters. The van der Waals surface area contributed by atoms with Gasteiger partial charge in [-0.05, 0) is 24.2 Å². The molecular formula is C13H18N4S. The number of benzene rings is 1. The number of nitrogens with two attached hydrogens (primary N) is 1. The third-order valence-electron chi connectivity index (χ3n) is 2.63. The Kier molecular flexibility index (Phi) is 4.38. The summed E-state index contributed by atoms with van der Waals surface area (Å²) in [6, 6.07) is 8.00. The Morgan fingerprint density at radius 1 is 1.28 bits per heavy atom. The lowest BCUT2D eigenvalue weighted by molar-refractivity contribution is 0.632. The molecule has 4 nitrogen and oxygen atoms in total. The predicted octanol–water partition coefficient (Wildman–Crippen LogP) is 3.05. The first-order valence-electron chi connectivity index (χ1n) is 6.07. The Morgan fingerprint density at radius 2 is 2.06 bits per heavy atom. The summed E-state index contributed by atoms with van der Waals surface area (Å²) in [6.45, 7) is 4.46. The zero-order valence-electron chi connectivity index (χ0n) is 10.7. The van der Waals surface area contributed by atoms with Gasteiger partial charge in [0.1, 0.15) is 5.03 Å². The highest BCUT2D eigenvalue weighted by Crippen LogP contribution is 2.27.